The number of aryl methyl sites for hydroxylation is 1. The lowest BCUT2D eigenvalue weighted by Crippen LogP contribution is -2.64. The Kier molecular flexibility index (Phi) is 4.34. The number of aliphatic hydroxyl groups is 1. The van der Waals surface area contributed by atoms with Gasteiger partial charge in [-0.15, -0.1) is 0 Å². The van der Waals surface area contributed by atoms with Crippen LogP contribution in [0.15, 0.2) is 18.2 Å². The number of carbonyl (C=O) groups excluding carboxylic acids is 1. The van der Waals surface area contributed by atoms with Crippen LogP contribution in [-0.2, 0) is 11.2 Å². The molecule has 3 rings (SSSR count). The van der Waals surface area contributed by atoms with Crippen molar-refractivity contribution in [3.05, 3.63) is 23.8 Å². The Morgan fingerprint density at radius 2 is 2.09 bits per heavy atom. The second-order valence-corrected chi connectivity index (χ2v) is 6.91. The molecule has 2 fully saturated rings. The van der Waals surface area contributed by atoms with E-state index in [9.17, 15) is 15.0 Å². The first-order chi connectivity index (χ1) is 11.0. The van der Waals surface area contributed by atoms with Gasteiger partial charge in [0.1, 0.15) is 5.75 Å². The second-order valence-electron chi connectivity index (χ2n) is 6.91. The first kappa shape index (κ1) is 16.3. The summed E-state index contributed by atoms with van der Waals surface area (Å²) in [4.78, 5) is 13.0. The van der Waals surface area contributed by atoms with E-state index in [0.717, 1.165) is 31.4 Å². The van der Waals surface area contributed by atoms with E-state index in [0.29, 0.717) is 31.5 Å². The molecule has 1 aromatic carbocycles. The molecule has 1 aliphatic heterocycles. The van der Waals surface area contributed by atoms with Gasteiger partial charge in [0.15, 0.2) is 0 Å². The normalized spacial score (nSPS) is 26.3. The molecule has 1 aromatic rings. The van der Waals surface area contributed by atoms with Crippen molar-refractivity contribution in [2.45, 2.75) is 51.0 Å². The Hall–Kier alpha value is -1.59. The number of β-amino-alcohol motifs (C(OH)–C–C–N with tert-alkyl or cyclic N) is 1. The van der Waals surface area contributed by atoms with Gasteiger partial charge in [-0.1, -0.05) is 19.4 Å². The number of anilines is 1. The van der Waals surface area contributed by atoms with Gasteiger partial charge in [-0.2, -0.15) is 0 Å². The largest absolute Gasteiger partial charge is 0.506 e. The zero-order valence-electron chi connectivity index (χ0n) is 13.7. The van der Waals surface area contributed by atoms with Gasteiger partial charge in [0.05, 0.1) is 16.7 Å². The van der Waals surface area contributed by atoms with Crippen LogP contribution in [0.5, 0.6) is 5.75 Å². The van der Waals surface area contributed by atoms with Crippen LogP contribution in [0.2, 0.25) is 0 Å². The van der Waals surface area contributed by atoms with Gasteiger partial charge < -0.3 is 20.8 Å². The third kappa shape index (κ3) is 2.72. The van der Waals surface area contributed by atoms with Crippen LogP contribution in [-0.4, -0.2) is 34.8 Å². The highest BCUT2D eigenvalue weighted by Gasteiger charge is 2.59. The molecule has 0 aromatic heterocycles. The highest BCUT2D eigenvalue weighted by Crippen LogP contribution is 2.52. The predicted molar refractivity (Wildman–Crippen MR) is 89.5 cm³/mol. The van der Waals surface area contributed by atoms with E-state index in [1.807, 2.05) is 19.1 Å². The number of piperidine rings is 1. The molecule has 1 heterocycles. The molecule has 0 bridgehead atoms. The number of benzene rings is 1. The maximum absolute atomic E-state index is 13.0. The summed E-state index contributed by atoms with van der Waals surface area (Å²) in [7, 11) is 0. The molecule has 1 unspecified atom stereocenters. The van der Waals surface area contributed by atoms with Gasteiger partial charge in [0.25, 0.3) is 0 Å². The average Bonchev–Trinajstić information content (AvgIpc) is 2.48. The average molecular weight is 318 g/mol. The zero-order chi connectivity index (χ0) is 16.5. The second kappa shape index (κ2) is 6.13. The summed E-state index contributed by atoms with van der Waals surface area (Å²) < 4.78 is 0. The quantitative estimate of drug-likeness (QED) is 0.641. The molecule has 5 heteroatoms. The van der Waals surface area contributed by atoms with Gasteiger partial charge in [0, 0.05) is 6.54 Å². The number of rotatable bonds is 4. The maximum Gasteiger partial charge on any atom is 0.233 e. The molecule has 1 saturated carbocycles. The van der Waals surface area contributed by atoms with E-state index in [1.165, 1.54) is 0 Å². The molecule has 1 aliphatic carbocycles. The van der Waals surface area contributed by atoms with Gasteiger partial charge in [-0.25, -0.2) is 0 Å². The van der Waals surface area contributed by atoms with Gasteiger partial charge >= 0.3 is 0 Å². The number of phenols is 1. The standard InChI is InChI=1S/C18H26N2O3/c1-2-13-5-6-15(21)14(11-13)20-16(22)17(7-3-8-17)18(23)9-4-10-19-12-18/h5-6,11,19,21,23H,2-4,7-10,12H2,1H3,(H,20,22). The molecule has 1 saturated heterocycles. The van der Waals surface area contributed by atoms with Crippen LogP contribution in [0, 0.1) is 5.41 Å². The lowest BCUT2D eigenvalue weighted by molar-refractivity contribution is -0.165. The number of nitrogens with one attached hydrogen (secondary N) is 2. The number of phenolic OH excluding ortho intramolecular Hbond substituents is 1. The van der Waals surface area contributed by atoms with E-state index < -0.39 is 11.0 Å². The van der Waals surface area contributed by atoms with Crippen molar-refractivity contribution in [3.8, 4) is 5.75 Å². The Labute approximate surface area is 137 Å². The van der Waals surface area contributed by atoms with Crippen LogP contribution in [0.25, 0.3) is 0 Å². The Bertz CT molecular complexity index is 590. The minimum Gasteiger partial charge on any atom is -0.506 e. The van der Waals surface area contributed by atoms with Gasteiger partial charge in [0.2, 0.25) is 5.91 Å². The third-order valence-electron chi connectivity index (χ3n) is 5.61. The van der Waals surface area contributed by atoms with E-state index in [4.69, 9.17) is 0 Å². The van der Waals surface area contributed by atoms with Crippen molar-refractivity contribution >= 4 is 11.6 Å². The van der Waals surface area contributed by atoms with E-state index >= 15 is 0 Å². The summed E-state index contributed by atoms with van der Waals surface area (Å²) in [5, 5.41) is 27.2. The van der Waals surface area contributed by atoms with E-state index in [2.05, 4.69) is 10.6 Å². The summed E-state index contributed by atoms with van der Waals surface area (Å²) in [6.45, 7) is 3.38. The van der Waals surface area contributed by atoms with E-state index in [1.54, 1.807) is 6.07 Å². The molecule has 1 atom stereocenters. The Morgan fingerprint density at radius 3 is 2.65 bits per heavy atom. The molecule has 5 nitrogen and oxygen atoms in total. The summed E-state index contributed by atoms with van der Waals surface area (Å²) in [5.41, 5.74) is -0.243. The van der Waals surface area contributed by atoms with Crippen molar-refractivity contribution in [3.63, 3.8) is 0 Å². The fourth-order valence-corrected chi connectivity index (χ4v) is 3.88. The van der Waals surface area contributed by atoms with Crippen LogP contribution in [0.1, 0.15) is 44.6 Å². The molecular weight excluding hydrogens is 292 g/mol. The number of hydrogen-bond donors (Lipinski definition) is 4. The minimum atomic E-state index is -0.994. The van der Waals surface area contributed by atoms with Crippen molar-refractivity contribution in [2.75, 3.05) is 18.4 Å². The lowest BCUT2D eigenvalue weighted by Gasteiger charge is -2.53. The van der Waals surface area contributed by atoms with Crippen molar-refractivity contribution < 1.29 is 15.0 Å². The Morgan fingerprint density at radius 1 is 1.30 bits per heavy atom. The fraction of sp³-hybridized carbons (Fsp3) is 0.611. The maximum atomic E-state index is 13.0. The minimum absolute atomic E-state index is 0.0683. The molecule has 2 aliphatic rings. The van der Waals surface area contributed by atoms with Crippen LogP contribution in [0.3, 0.4) is 0 Å². The van der Waals surface area contributed by atoms with E-state index in [-0.39, 0.29) is 11.7 Å². The molecule has 126 valence electrons. The summed E-state index contributed by atoms with van der Waals surface area (Å²) in [6, 6.07) is 5.27. The molecule has 23 heavy (non-hydrogen) atoms. The zero-order valence-corrected chi connectivity index (χ0v) is 13.7. The van der Waals surface area contributed by atoms with Crippen LogP contribution in [0.4, 0.5) is 5.69 Å². The molecule has 0 radical (unpaired) electrons. The monoisotopic (exact) mass is 318 g/mol. The number of hydrogen-bond acceptors (Lipinski definition) is 4. The molecular formula is C18H26N2O3. The smallest absolute Gasteiger partial charge is 0.233 e. The highest BCUT2D eigenvalue weighted by molar-refractivity contribution is 5.98. The SMILES string of the molecule is CCc1ccc(O)c(NC(=O)C2(C3(O)CCCNC3)CCC2)c1. The molecule has 4 N–H and O–H groups in total. The van der Waals surface area contributed by atoms with Crippen LogP contribution >= 0.6 is 0 Å². The first-order valence-electron chi connectivity index (χ1n) is 8.57. The molecule has 1 amide bonds. The van der Waals surface area contributed by atoms with Crippen LogP contribution < -0.4 is 10.6 Å². The van der Waals surface area contributed by atoms with Crippen molar-refractivity contribution in [1.82, 2.24) is 5.32 Å². The number of aromatic hydroxyl groups is 1. The molecule has 0 spiro atoms. The topological polar surface area (TPSA) is 81.6 Å². The fourth-order valence-electron chi connectivity index (χ4n) is 3.88. The van der Waals surface area contributed by atoms with Gasteiger partial charge in [-0.3, -0.25) is 4.79 Å². The summed E-state index contributed by atoms with van der Waals surface area (Å²) in [6.07, 6.45) is 4.71. The van der Waals surface area contributed by atoms with Crippen molar-refractivity contribution in [1.29, 1.82) is 0 Å². The predicted octanol–water partition coefficient (Wildman–Crippen LogP) is 2.18. The van der Waals surface area contributed by atoms with Gasteiger partial charge in [-0.05, 0) is 56.3 Å². The summed E-state index contributed by atoms with van der Waals surface area (Å²) in [5.74, 6) is -0.0997. The number of carbonyl (C=O) groups is 1. The highest BCUT2D eigenvalue weighted by atomic mass is 16.3. The third-order valence-corrected chi connectivity index (χ3v) is 5.61. The Balaban J connectivity index is 1.83. The lowest BCUT2D eigenvalue weighted by atomic mass is 9.56. The van der Waals surface area contributed by atoms with Crippen molar-refractivity contribution in [2.24, 2.45) is 5.41 Å². The summed E-state index contributed by atoms with van der Waals surface area (Å²) >= 11 is 0. The first-order valence-corrected chi connectivity index (χ1v) is 8.57. The number of amides is 1.